The van der Waals surface area contributed by atoms with Crippen molar-refractivity contribution in [3.63, 3.8) is 0 Å². The molecule has 0 radical (unpaired) electrons. The van der Waals surface area contributed by atoms with Crippen LogP contribution in [0.25, 0.3) is 0 Å². The molecule has 1 N–H and O–H groups in total. The summed E-state index contributed by atoms with van der Waals surface area (Å²) in [7, 11) is 0. The number of nitrogens with one attached hydrogen (secondary N) is 1. The third kappa shape index (κ3) is 1.60. The van der Waals surface area contributed by atoms with Crippen LogP contribution in [0.15, 0.2) is 36.0 Å². The molecule has 2 aliphatic rings. The minimum atomic E-state index is 0.586. The zero-order chi connectivity index (χ0) is 7.68. The molecule has 0 bridgehead atoms. The molecule has 1 nitrogen and oxygen atoms in total. The molecule has 11 heavy (non-hydrogen) atoms. The van der Waals surface area contributed by atoms with Crippen molar-refractivity contribution in [1.29, 1.82) is 0 Å². The van der Waals surface area contributed by atoms with Crippen molar-refractivity contribution in [3.8, 4) is 0 Å². The highest BCUT2D eigenvalue weighted by atomic mass is 15.1. The Morgan fingerprint density at radius 3 is 3.00 bits per heavy atom. The van der Waals surface area contributed by atoms with Gasteiger partial charge in [0.25, 0.3) is 0 Å². The standard InChI is InChI=1S/C10H13N/c1-8-3-2-4-9(6-5-8)10-7-11-10/h2-6,8,10-11H,7H2,1H3. The summed E-state index contributed by atoms with van der Waals surface area (Å²) >= 11 is 0. The normalized spacial score (nSPS) is 34.8. The van der Waals surface area contributed by atoms with Crippen molar-refractivity contribution in [3.05, 3.63) is 36.0 Å². The second-order valence-electron chi connectivity index (χ2n) is 3.23. The predicted molar refractivity (Wildman–Crippen MR) is 47.3 cm³/mol. The number of allylic oxidation sites excluding steroid dienone is 4. The van der Waals surface area contributed by atoms with E-state index in [1.807, 2.05) is 0 Å². The largest absolute Gasteiger partial charge is 0.307 e. The molecule has 0 spiro atoms. The lowest BCUT2D eigenvalue weighted by atomic mass is 10.1. The molecule has 0 aromatic rings. The molecule has 1 heterocycles. The van der Waals surface area contributed by atoms with E-state index in [1.54, 1.807) is 0 Å². The van der Waals surface area contributed by atoms with Crippen molar-refractivity contribution in [2.45, 2.75) is 13.0 Å². The van der Waals surface area contributed by atoms with Crippen LogP contribution in [0.1, 0.15) is 6.92 Å². The van der Waals surface area contributed by atoms with E-state index in [9.17, 15) is 0 Å². The third-order valence-electron chi connectivity index (χ3n) is 2.11. The maximum Gasteiger partial charge on any atom is 0.0447 e. The average Bonchev–Trinajstić information content (AvgIpc) is 2.73. The fourth-order valence-electron chi connectivity index (χ4n) is 1.25. The second-order valence-corrected chi connectivity index (χ2v) is 3.23. The Morgan fingerprint density at radius 1 is 1.45 bits per heavy atom. The first-order chi connectivity index (χ1) is 5.36. The lowest BCUT2D eigenvalue weighted by Crippen LogP contribution is -1.92. The summed E-state index contributed by atoms with van der Waals surface area (Å²) in [5.41, 5.74) is 1.42. The zero-order valence-electron chi connectivity index (χ0n) is 6.75. The van der Waals surface area contributed by atoms with Gasteiger partial charge in [0.1, 0.15) is 0 Å². The van der Waals surface area contributed by atoms with Crippen molar-refractivity contribution < 1.29 is 0 Å². The second kappa shape index (κ2) is 2.67. The van der Waals surface area contributed by atoms with Crippen molar-refractivity contribution in [2.24, 2.45) is 5.92 Å². The highest BCUT2D eigenvalue weighted by Crippen LogP contribution is 2.16. The molecule has 1 aliphatic carbocycles. The molecule has 1 aliphatic heterocycles. The minimum Gasteiger partial charge on any atom is -0.307 e. The molecule has 0 aromatic heterocycles. The number of rotatable bonds is 1. The molecule has 1 fully saturated rings. The first kappa shape index (κ1) is 6.86. The highest BCUT2D eigenvalue weighted by molar-refractivity contribution is 5.35. The quantitative estimate of drug-likeness (QED) is 0.560. The van der Waals surface area contributed by atoms with Crippen LogP contribution in [-0.4, -0.2) is 12.6 Å². The van der Waals surface area contributed by atoms with E-state index in [0.29, 0.717) is 12.0 Å². The summed E-state index contributed by atoms with van der Waals surface area (Å²) < 4.78 is 0. The topological polar surface area (TPSA) is 21.9 Å². The van der Waals surface area contributed by atoms with E-state index in [-0.39, 0.29) is 0 Å². The summed E-state index contributed by atoms with van der Waals surface area (Å²) in [6.45, 7) is 3.35. The monoisotopic (exact) mass is 147 g/mol. The lowest BCUT2D eigenvalue weighted by molar-refractivity contribution is 0.940. The van der Waals surface area contributed by atoms with Gasteiger partial charge in [-0.2, -0.15) is 0 Å². The lowest BCUT2D eigenvalue weighted by Gasteiger charge is -1.94. The molecule has 1 heteroatoms. The molecule has 0 saturated carbocycles. The Morgan fingerprint density at radius 2 is 2.27 bits per heavy atom. The van der Waals surface area contributed by atoms with Crippen LogP contribution < -0.4 is 5.32 Å². The van der Waals surface area contributed by atoms with Gasteiger partial charge in [0.05, 0.1) is 0 Å². The van der Waals surface area contributed by atoms with Crippen LogP contribution in [-0.2, 0) is 0 Å². The van der Waals surface area contributed by atoms with Gasteiger partial charge in [0.15, 0.2) is 0 Å². The smallest absolute Gasteiger partial charge is 0.0447 e. The van der Waals surface area contributed by atoms with E-state index in [0.717, 1.165) is 6.54 Å². The average molecular weight is 147 g/mol. The fourth-order valence-corrected chi connectivity index (χ4v) is 1.25. The maximum absolute atomic E-state index is 3.29. The predicted octanol–water partition coefficient (Wildman–Crippen LogP) is 1.65. The molecule has 2 unspecified atom stereocenters. The zero-order valence-corrected chi connectivity index (χ0v) is 6.75. The van der Waals surface area contributed by atoms with E-state index in [1.165, 1.54) is 5.57 Å². The molecule has 1 saturated heterocycles. The Kier molecular flexibility index (Phi) is 1.66. The van der Waals surface area contributed by atoms with Crippen molar-refractivity contribution >= 4 is 0 Å². The highest BCUT2D eigenvalue weighted by Gasteiger charge is 2.22. The summed E-state index contributed by atoms with van der Waals surface area (Å²) in [4.78, 5) is 0. The van der Waals surface area contributed by atoms with Gasteiger partial charge in [-0.25, -0.2) is 0 Å². The van der Waals surface area contributed by atoms with Crippen LogP contribution in [0.4, 0.5) is 0 Å². The van der Waals surface area contributed by atoms with E-state index in [2.05, 4.69) is 42.6 Å². The van der Waals surface area contributed by atoms with Crippen LogP contribution in [0.2, 0.25) is 0 Å². The Bertz CT molecular complexity index is 231. The van der Waals surface area contributed by atoms with Crippen molar-refractivity contribution in [1.82, 2.24) is 5.32 Å². The van der Waals surface area contributed by atoms with E-state index < -0.39 is 0 Å². The molecule has 0 aromatic carbocycles. The van der Waals surface area contributed by atoms with Gasteiger partial charge in [-0.05, 0) is 11.5 Å². The fraction of sp³-hybridized carbons (Fsp3) is 0.400. The van der Waals surface area contributed by atoms with Crippen LogP contribution in [0, 0.1) is 5.92 Å². The van der Waals surface area contributed by atoms with Gasteiger partial charge in [-0.1, -0.05) is 37.3 Å². The van der Waals surface area contributed by atoms with Crippen molar-refractivity contribution in [2.75, 3.05) is 6.54 Å². The van der Waals surface area contributed by atoms with Gasteiger partial charge in [-0.15, -0.1) is 0 Å². The maximum atomic E-state index is 3.29. The summed E-state index contributed by atoms with van der Waals surface area (Å²) in [5, 5.41) is 3.29. The molecule has 58 valence electrons. The van der Waals surface area contributed by atoms with Crippen LogP contribution in [0.3, 0.4) is 0 Å². The Labute approximate surface area is 67.5 Å². The Hall–Kier alpha value is -0.820. The van der Waals surface area contributed by atoms with E-state index in [4.69, 9.17) is 0 Å². The summed E-state index contributed by atoms with van der Waals surface area (Å²) in [5.74, 6) is 0.586. The summed E-state index contributed by atoms with van der Waals surface area (Å²) in [6, 6.07) is 0.640. The van der Waals surface area contributed by atoms with E-state index >= 15 is 0 Å². The van der Waals surface area contributed by atoms with Crippen LogP contribution in [0.5, 0.6) is 0 Å². The summed E-state index contributed by atoms with van der Waals surface area (Å²) in [6.07, 6.45) is 11.0. The number of hydrogen-bond donors (Lipinski definition) is 1. The van der Waals surface area contributed by atoms with Gasteiger partial charge in [0.2, 0.25) is 0 Å². The van der Waals surface area contributed by atoms with Gasteiger partial charge < -0.3 is 5.32 Å². The minimum absolute atomic E-state index is 0.586. The number of hydrogen-bond acceptors (Lipinski definition) is 1. The van der Waals surface area contributed by atoms with Gasteiger partial charge >= 0.3 is 0 Å². The molecule has 2 rings (SSSR count). The SMILES string of the molecule is CC1C=CC=C(C2CN2)C=C1. The first-order valence-electron chi connectivity index (χ1n) is 4.16. The molecular formula is C10H13N. The van der Waals surface area contributed by atoms with Gasteiger partial charge in [0, 0.05) is 12.6 Å². The molecule has 0 amide bonds. The first-order valence-corrected chi connectivity index (χ1v) is 4.16. The molecule has 2 atom stereocenters. The van der Waals surface area contributed by atoms with Crippen LogP contribution >= 0.6 is 0 Å². The molecular weight excluding hydrogens is 134 g/mol. The Balaban J connectivity index is 2.14. The van der Waals surface area contributed by atoms with Gasteiger partial charge in [-0.3, -0.25) is 0 Å². The third-order valence-corrected chi connectivity index (χ3v) is 2.11.